The second-order valence-electron chi connectivity index (χ2n) is 5.96. The van der Waals surface area contributed by atoms with Crippen molar-refractivity contribution in [2.45, 2.75) is 4.90 Å². The molecule has 0 radical (unpaired) electrons. The van der Waals surface area contributed by atoms with Gasteiger partial charge >= 0.3 is 12.1 Å². The number of aliphatic carboxylic acids is 1. The predicted molar refractivity (Wildman–Crippen MR) is 103 cm³/mol. The van der Waals surface area contributed by atoms with Crippen LogP contribution in [0.3, 0.4) is 0 Å². The highest BCUT2D eigenvalue weighted by Gasteiger charge is 2.19. The molecule has 0 saturated carbocycles. The maximum Gasteiger partial charge on any atom is 0.414 e. The lowest BCUT2D eigenvalue weighted by molar-refractivity contribution is -0.135. The molecule has 2 aromatic rings. The van der Waals surface area contributed by atoms with Crippen molar-refractivity contribution >= 4 is 33.7 Å². The molecule has 2 amide bonds. The van der Waals surface area contributed by atoms with Crippen LogP contribution in [0.15, 0.2) is 53.4 Å². The van der Waals surface area contributed by atoms with Gasteiger partial charge in [0.25, 0.3) is 15.9 Å². The summed E-state index contributed by atoms with van der Waals surface area (Å²) in [5.74, 6) is -1.81. The fourth-order valence-electron chi connectivity index (χ4n) is 2.10. The lowest BCUT2D eigenvalue weighted by atomic mass is 10.1. The summed E-state index contributed by atoms with van der Waals surface area (Å²) in [6.45, 7) is -0.604. The Balaban J connectivity index is 2.20. The number of para-hydroxylation sites is 1. The van der Waals surface area contributed by atoms with E-state index in [9.17, 15) is 22.8 Å². The SMILES string of the molecule is CN(C)C(=O)Oc1ccc(S(=O)(=O)Nc2ccccc2C(=O)NCC(=O)O)cc1. The molecule has 10 nitrogen and oxygen atoms in total. The van der Waals surface area contributed by atoms with Crippen LogP contribution >= 0.6 is 0 Å². The number of carbonyl (C=O) groups excluding carboxylic acids is 2. The Bertz CT molecular complexity index is 1020. The zero-order chi connectivity index (χ0) is 21.6. The predicted octanol–water partition coefficient (Wildman–Crippen LogP) is 1.36. The minimum atomic E-state index is -4.06. The summed E-state index contributed by atoms with van der Waals surface area (Å²) in [7, 11) is -1.04. The van der Waals surface area contributed by atoms with Crippen LogP contribution in [0.4, 0.5) is 10.5 Å². The smallest absolute Gasteiger partial charge is 0.414 e. The van der Waals surface area contributed by atoms with Crippen molar-refractivity contribution in [2.24, 2.45) is 0 Å². The Morgan fingerprint density at radius 3 is 2.24 bits per heavy atom. The maximum atomic E-state index is 12.6. The number of rotatable bonds is 7. The first kappa shape index (κ1) is 21.7. The molecule has 0 unspecified atom stereocenters. The third-order valence-corrected chi connectivity index (χ3v) is 4.90. The van der Waals surface area contributed by atoms with E-state index >= 15 is 0 Å². The molecule has 0 aliphatic heterocycles. The maximum absolute atomic E-state index is 12.6. The highest BCUT2D eigenvalue weighted by Crippen LogP contribution is 2.22. The molecule has 2 rings (SSSR count). The van der Waals surface area contributed by atoms with Crippen molar-refractivity contribution in [1.82, 2.24) is 10.2 Å². The fourth-order valence-corrected chi connectivity index (χ4v) is 3.18. The van der Waals surface area contributed by atoms with E-state index in [0.717, 1.165) is 0 Å². The van der Waals surface area contributed by atoms with E-state index in [-0.39, 0.29) is 21.9 Å². The third-order valence-electron chi connectivity index (χ3n) is 3.52. The van der Waals surface area contributed by atoms with Gasteiger partial charge in [0.1, 0.15) is 12.3 Å². The number of hydrogen-bond acceptors (Lipinski definition) is 6. The third kappa shape index (κ3) is 5.94. The number of anilines is 1. The number of nitrogens with zero attached hydrogens (tertiary/aromatic N) is 1. The van der Waals surface area contributed by atoms with Crippen molar-refractivity contribution < 1.29 is 32.6 Å². The molecule has 0 atom stereocenters. The van der Waals surface area contributed by atoms with Gasteiger partial charge in [0.2, 0.25) is 0 Å². The Hall–Kier alpha value is -3.60. The van der Waals surface area contributed by atoms with Crippen molar-refractivity contribution in [1.29, 1.82) is 0 Å². The molecule has 0 spiro atoms. The number of hydrogen-bond donors (Lipinski definition) is 3. The first-order chi connectivity index (χ1) is 13.6. The molecule has 154 valence electrons. The van der Waals surface area contributed by atoms with Gasteiger partial charge in [0.15, 0.2) is 0 Å². The molecule has 0 fully saturated rings. The molecule has 0 aromatic heterocycles. The van der Waals surface area contributed by atoms with Crippen molar-refractivity contribution in [3.63, 3.8) is 0 Å². The number of carboxylic acids is 1. The van der Waals surface area contributed by atoms with Crippen LogP contribution in [-0.2, 0) is 14.8 Å². The summed E-state index contributed by atoms with van der Waals surface area (Å²) in [5.41, 5.74) is -0.0487. The van der Waals surface area contributed by atoms with Gasteiger partial charge in [0.05, 0.1) is 16.1 Å². The standard InChI is InChI=1S/C18H19N3O7S/c1-21(2)18(25)28-12-7-9-13(10-8-12)29(26,27)20-15-6-4-3-5-14(15)17(24)19-11-16(22)23/h3-10,20H,11H2,1-2H3,(H,19,24)(H,22,23). The molecule has 0 saturated heterocycles. The summed E-state index contributed by atoms with van der Waals surface area (Å²) in [5, 5.41) is 10.8. The number of nitrogens with one attached hydrogen (secondary N) is 2. The van der Waals surface area contributed by atoms with Gasteiger partial charge in [-0.25, -0.2) is 13.2 Å². The van der Waals surface area contributed by atoms with Crippen LogP contribution in [0.5, 0.6) is 5.75 Å². The Morgan fingerprint density at radius 1 is 1.03 bits per heavy atom. The Kier molecular flexibility index (Phi) is 6.78. The first-order valence-corrected chi connectivity index (χ1v) is 9.69. The van der Waals surface area contributed by atoms with E-state index in [1.165, 1.54) is 67.5 Å². The molecular formula is C18H19N3O7S. The van der Waals surface area contributed by atoms with E-state index in [1.807, 2.05) is 0 Å². The monoisotopic (exact) mass is 421 g/mol. The van der Waals surface area contributed by atoms with Gasteiger partial charge in [0, 0.05) is 14.1 Å². The van der Waals surface area contributed by atoms with Gasteiger partial charge in [-0.1, -0.05) is 12.1 Å². The van der Waals surface area contributed by atoms with Crippen LogP contribution in [0.1, 0.15) is 10.4 Å². The lowest BCUT2D eigenvalue weighted by Gasteiger charge is -2.13. The molecule has 11 heteroatoms. The van der Waals surface area contributed by atoms with Gasteiger partial charge in [-0.15, -0.1) is 0 Å². The number of ether oxygens (including phenoxy) is 1. The summed E-state index contributed by atoms with van der Waals surface area (Å²) < 4.78 is 32.6. The first-order valence-electron chi connectivity index (χ1n) is 8.21. The molecule has 0 heterocycles. The number of carboxylic acid groups (broad SMARTS) is 1. The van der Waals surface area contributed by atoms with E-state index in [2.05, 4.69) is 10.0 Å². The molecular weight excluding hydrogens is 402 g/mol. The number of sulfonamides is 1. The summed E-state index contributed by atoms with van der Waals surface area (Å²) in [6, 6.07) is 10.9. The van der Waals surface area contributed by atoms with Crippen LogP contribution in [0.2, 0.25) is 0 Å². The molecule has 2 aromatic carbocycles. The van der Waals surface area contributed by atoms with Gasteiger partial charge in [-0.2, -0.15) is 0 Å². The molecule has 3 N–H and O–H groups in total. The van der Waals surface area contributed by atoms with Gasteiger partial charge in [-0.05, 0) is 36.4 Å². The van der Waals surface area contributed by atoms with Gasteiger partial charge in [-0.3, -0.25) is 14.3 Å². The Morgan fingerprint density at radius 2 is 1.66 bits per heavy atom. The molecule has 0 aliphatic carbocycles. The van der Waals surface area contributed by atoms with Crippen molar-refractivity contribution in [2.75, 3.05) is 25.4 Å². The zero-order valence-corrected chi connectivity index (χ0v) is 16.4. The summed E-state index contributed by atoms with van der Waals surface area (Å²) >= 11 is 0. The number of amides is 2. The van der Waals surface area contributed by atoms with Crippen LogP contribution in [-0.4, -0.2) is 57.0 Å². The summed E-state index contributed by atoms with van der Waals surface area (Å²) in [6.07, 6.45) is -0.611. The van der Waals surface area contributed by atoms with Crippen LogP contribution < -0.4 is 14.8 Å². The van der Waals surface area contributed by atoms with E-state index < -0.39 is 34.5 Å². The second-order valence-corrected chi connectivity index (χ2v) is 7.64. The minimum absolute atomic E-state index is 0.0153. The summed E-state index contributed by atoms with van der Waals surface area (Å²) in [4.78, 5) is 35.4. The van der Waals surface area contributed by atoms with Crippen LogP contribution in [0.25, 0.3) is 0 Å². The quantitative estimate of drug-likeness (QED) is 0.613. The number of carbonyl (C=O) groups is 3. The molecule has 0 bridgehead atoms. The number of benzene rings is 2. The normalized spacial score (nSPS) is 10.7. The second kappa shape index (κ2) is 9.06. The average Bonchev–Trinajstić information content (AvgIpc) is 2.66. The topological polar surface area (TPSA) is 142 Å². The lowest BCUT2D eigenvalue weighted by Crippen LogP contribution is -2.30. The van der Waals surface area contributed by atoms with E-state index in [1.54, 1.807) is 0 Å². The molecule has 29 heavy (non-hydrogen) atoms. The Labute approximate surface area is 167 Å². The zero-order valence-electron chi connectivity index (χ0n) is 15.6. The highest BCUT2D eigenvalue weighted by atomic mass is 32.2. The largest absolute Gasteiger partial charge is 0.480 e. The molecule has 0 aliphatic rings. The van der Waals surface area contributed by atoms with Crippen LogP contribution in [0, 0.1) is 0 Å². The van der Waals surface area contributed by atoms with Crippen molar-refractivity contribution in [3.05, 3.63) is 54.1 Å². The fraction of sp³-hybridized carbons (Fsp3) is 0.167. The average molecular weight is 421 g/mol. The van der Waals surface area contributed by atoms with E-state index in [0.29, 0.717) is 0 Å². The minimum Gasteiger partial charge on any atom is -0.480 e. The van der Waals surface area contributed by atoms with Crippen molar-refractivity contribution in [3.8, 4) is 5.75 Å². The highest BCUT2D eigenvalue weighted by molar-refractivity contribution is 7.92. The van der Waals surface area contributed by atoms with E-state index in [4.69, 9.17) is 9.84 Å². The van der Waals surface area contributed by atoms with Gasteiger partial charge < -0.3 is 20.1 Å².